The van der Waals surface area contributed by atoms with E-state index in [0.29, 0.717) is 12.5 Å². The first-order chi connectivity index (χ1) is 13.7. The number of benzene rings is 1. The van der Waals surface area contributed by atoms with Gasteiger partial charge in [-0.2, -0.15) is 0 Å². The predicted octanol–water partition coefficient (Wildman–Crippen LogP) is 4.22. The third kappa shape index (κ3) is 5.71. The Morgan fingerprint density at radius 1 is 1.21 bits per heavy atom. The van der Waals surface area contributed by atoms with Crippen molar-refractivity contribution in [2.24, 2.45) is 4.99 Å². The van der Waals surface area contributed by atoms with E-state index in [4.69, 9.17) is 4.52 Å². The summed E-state index contributed by atoms with van der Waals surface area (Å²) in [5.41, 5.74) is 3.22. The molecule has 0 saturated heterocycles. The van der Waals surface area contributed by atoms with Crippen LogP contribution in [0.25, 0.3) is 11.0 Å². The van der Waals surface area contributed by atoms with Gasteiger partial charge in [-0.05, 0) is 31.9 Å². The number of fused-ring (bicyclic) bond motifs is 1. The number of hydrogen-bond acceptors (Lipinski definition) is 4. The highest BCUT2D eigenvalue weighted by Gasteiger charge is 2.13. The average molecular weight is 510 g/mol. The number of aryl methyl sites for hydroxylation is 1. The van der Waals surface area contributed by atoms with Crippen LogP contribution in [0.3, 0.4) is 0 Å². The maximum atomic E-state index is 5.46. The molecule has 7 nitrogen and oxygen atoms in total. The van der Waals surface area contributed by atoms with Gasteiger partial charge in [0.15, 0.2) is 11.7 Å². The maximum Gasteiger partial charge on any atom is 0.191 e. The molecule has 0 fully saturated rings. The van der Waals surface area contributed by atoms with Gasteiger partial charge in [0, 0.05) is 32.1 Å². The first-order valence-electron chi connectivity index (χ1n) is 9.98. The molecule has 0 unspecified atom stereocenters. The van der Waals surface area contributed by atoms with E-state index in [1.54, 1.807) is 7.05 Å². The molecule has 0 spiro atoms. The van der Waals surface area contributed by atoms with Gasteiger partial charge >= 0.3 is 0 Å². The summed E-state index contributed by atoms with van der Waals surface area (Å²) in [6.45, 7) is 8.51. The first-order valence-corrected chi connectivity index (χ1v) is 9.98. The molecule has 2 heterocycles. The van der Waals surface area contributed by atoms with Gasteiger partial charge < -0.3 is 19.7 Å². The van der Waals surface area contributed by atoms with Gasteiger partial charge in [-0.25, -0.2) is 4.98 Å². The normalized spacial score (nSPS) is 11.7. The van der Waals surface area contributed by atoms with E-state index in [1.165, 1.54) is 0 Å². The zero-order valence-electron chi connectivity index (χ0n) is 17.6. The van der Waals surface area contributed by atoms with Crippen molar-refractivity contribution in [3.63, 3.8) is 0 Å². The minimum absolute atomic E-state index is 0. The van der Waals surface area contributed by atoms with Crippen LogP contribution in [0.1, 0.15) is 49.9 Å². The molecule has 0 aliphatic rings. The molecule has 0 bridgehead atoms. The third-order valence-corrected chi connectivity index (χ3v) is 5.11. The quantitative estimate of drug-likeness (QED) is 0.270. The summed E-state index contributed by atoms with van der Waals surface area (Å²) >= 11 is 0. The summed E-state index contributed by atoms with van der Waals surface area (Å²) in [4.78, 5) is 8.90. The number of para-hydroxylation sites is 2. The van der Waals surface area contributed by atoms with E-state index < -0.39 is 0 Å². The smallest absolute Gasteiger partial charge is 0.191 e. The number of aromatic nitrogens is 3. The zero-order chi connectivity index (χ0) is 19.9. The number of rotatable bonds is 8. The lowest BCUT2D eigenvalue weighted by Crippen LogP contribution is -2.38. The third-order valence-electron chi connectivity index (χ3n) is 5.11. The minimum Gasteiger partial charge on any atom is -0.359 e. The summed E-state index contributed by atoms with van der Waals surface area (Å²) in [5, 5.41) is 10.8. The second kappa shape index (κ2) is 11.2. The number of guanidine groups is 1. The fraction of sp³-hybridized carbons (Fsp3) is 0.476. The molecule has 0 saturated carbocycles. The molecule has 2 N–H and O–H groups in total. The first kappa shape index (κ1) is 23.2. The van der Waals surface area contributed by atoms with E-state index in [2.05, 4.69) is 50.2 Å². The van der Waals surface area contributed by atoms with Gasteiger partial charge in [0.1, 0.15) is 5.82 Å². The lowest BCUT2D eigenvalue weighted by Gasteiger charge is -2.12. The molecule has 158 valence electrons. The Balaban J connectivity index is 0.00000300. The van der Waals surface area contributed by atoms with Crippen molar-refractivity contribution in [1.29, 1.82) is 0 Å². The van der Waals surface area contributed by atoms with Crippen LogP contribution < -0.4 is 10.6 Å². The van der Waals surface area contributed by atoms with E-state index in [9.17, 15) is 0 Å². The summed E-state index contributed by atoms with van der Waals surface area (Å²) in [7, 11) is 1.77. The summed E-state index contributed by atoms with van der Waals surface area (Å²) in [5.74, 6) is 3.04. The molecule has 2 aromatic heterocycles. The Labute approximate surface area is 189 Å². The standard InChI is InChI=1S/C21H30N6O.HI/c1-5-16(6-2)19-13-17(28-26-19)14-24-21(22-4)23-11-12-27-15(3)25-18-9-7-8-10-20(18)27;/h7-10,13,16H,5-6,11-12,14H2,1-4H3,(H2,22,23,24);1H. The van der Waals surface area contributed by atoms with Gasteiger partial charge in [-0.15, -0.1) is 24.0 Å². The highest BCUT2D eigenvalue weighted by Crippen LogP contribution is 2.22. The number of nitrogens with zero attached hydrogens (tertiary/aromatic N) is 4. The second-order valence-corrected chi connectivity index (χ2v) is 6.88. The Morgan fingerprint density at radius 2 is 1.97 bits per heavy atom. The second-order valence-electron chi connectivity index (χ2n) is 6.88. The fourth-order valence-corrected chi connectivity index (χ4v) is 3.47. The molecule has 0 atom stereocenters. The molecule has 0 aliphatic heterocycles. The van der Waals surface area contributed by atoms with Crippen LogP contribution in [0.2, 0.25) is 0 Å². The lowest BCUT2D eigenvalue weighted by molar-refractivity contribution is 0.368. The fourth-order valence-electron chi connectivity index (χ4n) is 3.47. The van der Waals surface area contributed by atoms with E-state index in [1.807, 2.05) is 31.2 Å². The summed E-state index contributed by atoms with van der Waals surface area (Å²) < 4.78 is 7.68. The molecule has 29 heavy (non-hydrogen) atoms. The van der Waals surface area contributed by atoms with Crippen LogP contribution in [0.15, 0.2) is 39.8 Å². The number of aliphatic imine (C=N–C) groups is 1. The molecule has 3 rings (SSSR count). The number of imidazole rings is 1. The number of nitrogens with one attached hydrogen (secondary N) is 2. The number of halogens is 1. The topological polar surface area (TPSA) is 80.3 Å². The van der Waals surface area contributed by atoms with Crippen molar-refractivity contribution in [2.75, 3.05) is 13.6 Å². The van der Waals surface area contributed by atoms with Crippen molar-refractivity contribution < 1.29 is 4.52 Å². The van der Waals surface area contributed by atoms with Crippen LogP contribution in [0.5, 0.6) is 0 Å². The Morgan fingerprint density at radius 3 is 2.69 bits per heavy atom. The minimum atomic E-state index is 0. The molecule has 3 aromatic rings. The molecule has 1 aromatic carbocycles. The van der Waals surface area contributed by atoms with E-state index >= 15 is 0 Å². The van der Waals surface area contributed by atoms with Gasteiger partial charge in [0.05, 0.1) is 23.3 Å². The van der Waals surface area contributed by atoms with Crippen molar-refractivity contribution in [3.05, 3.63) is 47.6 Å². The Bertz CT molecular complexity index is 928. The molecule has 0 radical (unpaired) electrons. The van der Waals surface area contributed by atoms with Crippen molar-refractivity contribution in [2.45, 2.75) is 52.6 Å². The van der Waals surface area contributed by atoms with Crippen LogP contribution in [-0.2, 0) is 13.1 Å². The SMILES string of the molecule is CCC(CC)c1cc(CNC(=NC)NCCn2c(C)nc3ccccc32)on1.I. The van der Waals surface area contributed by atoms with Crippen LogP contribution >= 0.6 is 24.0 Å². The van der Waals surface area contributed by atoms with E-state index in [0.717, 1.165) is 60.2 Å². The highest BCUT2D eigenvalue weighted by atomic mass is 127. The zero-order valence-corrected chi connectivity index (χ0v) is 19.9. The van der Waals surface area contributed by atoms with Crippen LogP contribution in [0.4, 0.5) is 0 Å². The molecular formula is C21H31IN6O. The van der Waals surface area contributed by atoms with Gasteiger partial charge in [0.25, 0.3) is 0 Å². The molecule has 0 amide bonds. The summed E-state index contributed by atoms with van der Waals surface area (Å²) in [6, 6.07) is 10.2. The van der Waals surface area contributed by atoms with Crippen molar-refractivity contribution in [1.82, 2.24) is 25.3 Å². The maximum absolute atomic E-state index is 5.46. The van der Waals surface area contributed by atoms with Crippen LogP contribution in [-0.4, -0.2) is 34.3 Å². The largest absolute Gasteiger partial charge is 0.359 e. The summed E-state index contributed by atoms with van der Waals surface area (Å²) in [6.07, 6.45) is 2.14. The van der Waals surface area contributed by atoms with Gasteiger partial charge in [-0.1, -0.05) is 31.1 Å². The van der Waals surface area contributed by atoms with E-state index in [-0.39, 0.29) is 24.0 Å². The molecular weight excluding hydrogens is 479 g/mol. The Kier molecular flexibility index (Phi) is 8.94. The van der Waals surface area contributed by atoms with Gasteiger partial charge in [0.2, 0.25) is 0 Å². The van der Waals surface area contributed by atoms with Crippen molar-refractivity contribution in [3.8, 4) is 0 Å². The van der Waals surface area contributed by atoms with Gasteiger partial charge in [-0.3, -0.25) is 4.99 Å². The van der Waals surface area contributed by atoms with Crippen molar-refractivity contribution >= 4 is 41.0 Å². The Hall–Kier alpha value is -2.10. The lowest BCUT2D eigenvalue weighted by atomic mass is 9.99. The average Bonchev–Trinajstić information content (AvgIpc) is 3.30. The predicted molar refractivity (Wildman–Crippen MR) is 128 cm³/mol. The van der Waals surface area contributed by atoms with Crippen LogP contribution in [0, 0.1) is 6.92 Å². The number of hydrogen-bond donors (Lipinski definition) is 2. The monoisotopic (exact) mass is 510 g/mol. The molecule has 8 heteroatoms. The highest BCUT2D eigenvalue weighted by molar-refractivity contribution is 14.0. The molecule has 0 aliphatic carbocycles.